The average Bonchev–Trinajstić information content (AvgIpc) is 2.76. The number of hydrogen-bond acceptors (Lipinski definition) is 4. The standard InChI is InChI=1S/C11H13NO2S/c13-15-11-10(14-8-12-11)7-6-9-4-2-1-3-5-9/h1-5,8,10-11,13H,6-7H2/t10-,11-/m0/s1/i/hT. The Hall–Kier alpha value is -1.00. The fourth-order valence-corrected chi connectivity index (χ4v) is 2.01. The first kappa shape index (κ1) is 9.24. The molecule has 0 amide bonds. The third kappa shape index (κ3) is 2.73. The summed E-state index contributed by atoms with van der Waals surface area (Å²) >= 11 is 1.03. The number of nitrogens with zero attached hydrogens (tertiary/aromatic N) is 1. The molecule has 4 heteroatoms. The van der Waals surface area contributed by atoms with Crippen LogP contribution in [0.1, 0.15) is 12.0 Å². The molecule has 0 saturated heterocycles. The molecule has 1 aromatic rings. The van der Waals surface area contributed by atoms with E-state index >= 15 is 0 Å². The Labute approximate surface area is 94.9 Å². The zero-order chi connectivity index (χ0) is 11.2. The van der Waals surface area contributed by atoms with E-state index in [1.165, 1.54) is 12.0 Å². The summed E-state index contributed by atoms with van der Waals surface area (Å²) in [4.78, 5) is 4.09. The molecule has 0 aliphatic carbocycles. The average molecular weight is 225 g/mol. The van der Waals surface area contributed by atoms with Crippen molar-refractivity contribution in [2.45, 2.75) is 24.3 Å². The third-order valence-electron chi connectivity index (χ3n) is 2.42. The number of hydrogen-bond donors (Lipinski definition) is 1. The third-order valence-corrected chi connectivity index (χ3v) is 3.04. The van der Waals surface area contributed by atoms with Gasteiger partial charge in [-0.25, -0.2) is 4.99 Å². The van der Waals surface area contributed by atoms with Crippen LogP contribution in [-0.2, 0) is 11.2 Å². The van der Waals surface area contributed by atoms with Crippen LogP contribution in [0.5, 0.6) is 0 Å². The van der Waals surface area contributed by atoms with Crippen LogP contribution in [0.3, 0.4) is 0 Å². The smallest absolute Gasteiger partial charge is 0.229 e. The van der Waals surface area contributed by atoms with Crippen LogP contribution < -0.4 is 0 Å². The van der Waals surface area contributed by atoms with Gasteiger partial charge < -0.3 is 9.29 Å². The Bertz CT molecular complexity index is 347. The summed E-state index contributed by atoms with van der Waals surface area (Å²) in [6.07, 6.45) is 3.29. The molecular formula is C11H13NO2S. The van der Waals surface area contributed by atoms with Gasteiger partial charge in [0.2, 0.25) is 1.43 Å². The van der Waals surface area contributed by atoms with Gasteiger partial charge in [-0.2, -0.15) is 0 Å². The molecule has 1 aromatic carbocycles. The summed E-state index contributed by atoms with van der Waals surface area (Å²) in [5.74, 6) is 0. The Morgan fingerprint density at radius 1 is 1.47 bits per heavy atom. The Kier molecular flexibility index (Phi) is 3.20. The quantitative estimate of drug-likeness (QED) is 0.783. The highest BCUT2D eigenvalue weighted by atomic mass is 32.2. The Balaban J connectivity index is 1.82. The van der Waals surface area contributed by atoms with Crippen molar-refractivity contribution in [2.24, 2.45) is 4.99 Å². The molecule has 0 bridgehead atoms. The number of aliphatic imine (C=N–C) groups is 1. The minimum Gasteiger partial charge on any atom is -0.477 e. The molecule has 80 valence electrons. The van der Waals surface area contributed by atoms with Gasteiger partial charge in [0.05, 0.1) is 0 Å². The fraction of sp³-hybridized carbons (Fsp3) is 0.364. The van der Waals surface area contributed by atoms with Crippen LogP contribution in [0.2, 0.25) is 0 Å². The van der Waals surface area contributed by atoms with E-state index in [0.29, 0.717) is 0 Å². The van der Waals surface area contributed by atoms with Crippen LogP contribution in [-0.4, -0.2) is 22.4 Å². The molecular weight excluding hydrogens is 210 g/mol. The minimum atomic E-state index is -0.110. The molecule has 0 radical (unpaired) electrons. The van der Waals surface area contributed by atoms with Gasteiger partial charge in [0.15, 0.2) is 11.8 Å². The Morgan fingerprint density at radius 3 is 3.13 bits per heavy atom. The predicted molar refractivity (Wildman–Crippen MR) is 62.1 cm³/mol. The van der Waals surface area contributed by atoms with E-state index in [2.05, 4.69) is 21.7 Å². The summed E-state index contributed by atoms with van der Waals surface area (Å²) in [5.41, 5.74) is 1.29. The van der Waals surface area contributed by atoms with Crippen molar-refractivity contribution in [3.05, 3.63) is 35.9 Å². The van der Waals surface area contributed by atoms with Crippen LogP contribution in [0.15, 0.2) is 35.3 Å². The van der Waals surface area contributed by atoms with Gasteiger partial charge in [-0.3, -0.25) is 0 Å². The number of ether oxygens (including phenoxy) is 1. The number of benzene rings is 1. The first-order chi connectivity index (χ1) is 7.90. The van der Waals surface area contributed by atoms with Crippen molar-refractivity contribution in [1.82, 2.24) is 0 Å². The van der Waals surface area contributed by atoms with Crippen LogP contribution >= 0.6 is 12.0 Å². The van der Waals surface area contributed by atoms with E-state index in [9.17, 15) is 0 Å². The Morgan fingerprint density at radius 2 is 2.33 bits per heavy atom. The van der Waals surface area contributed by atoms with Crippen LogP contribution in [0, 0.1) is 0 Å². The monoisotopic (exact) mass is 225 g/mol. The van der Waals surface area contributed by atoms with Crippen molar-refractivity contribution in [2.75, 3.05) is 0 Å². The van der Waals surface area contributed by atoms with Gasteiger partial charge >= 0.3 is 0 Å². The molecule has 2 atom stereocenters. The summed E-state index contributed by atoms with van der Waals surface area (Å²) < 4.78 is 16.3. The van der Waals surface area contributed by atoms with Crippen molar-refractivity contribution in [3.8, 4) is 0 Å². The lowest BCUT2D eigenvalue weighted by Crippen LogP contribution is -2.19. The zero-order valence-corrected chi connectivity index (χ0v) is 9.02. The van der Waals surface area contributed by atoms with E-state index in [1.807, 2.05) is 18.2 Å². The number of aryl methyl sites for hydroxylation is 1. The molecule has 1 aliphatic rings. The van der Waals surface area contributed by atoms with Crippen LogP contribution in [0.25, 0.3) is 1.43 Å². The summed E-state index contributed by atoms with van der Waals surface area (Å²) in [7, 11) is 0. The van der Waals surface area contributed by atoms with Gasteiger partial charge in [0, 0.05) is 12.0 Å². The zero-order valence-electron chi connectivity index (χ0n) is 9.20. The van der Waals surface area contributed by atoms with Gasteiger partial charge in [-0.1, -0.05) is 30.3 Å². The van der Waals surface area contributed by atoms with E-state index in [-0.39, 0.29) is 11.5 Å². The van der Waals surface area contributed by atoms with Crippen molar-refractivity contribution >= 4 is 18.4 Å². The predicted octanol–water partition coefficient (Wildman–Crippen LogP) is 2.58. The van der Waals surface area contributed by atoms with Crippen molar-refractivity contribution < 1.29 is 9.29 Å². The van der Waals surface area contributed by atoms with Gasteiger partial charge in [0.25, 0.3) is 0 Å². The molecule has 0 fully saturated rings. The number of rotatable bonds is 5. The molecule has 0 aromatic heterocycles. The lowest BCUT2D eigenvalue weighted by Gasteiger charge is -2.13. The summed E-state index contributed by atoms with van der Waals surface area (Å²) in [6, 6.07) is 10.3. The first-order valence-electron chi connectivity index (χ1n) is 5.30. The van der Waals surface area contributed by atoms with Crippen molar-refractivity contribution in [3.63, 3.8) is 0 Å². The van der Waals surface area contributed by atoms with Gasteiger partial charge in [-0.05, 0) is 18.4 Å². The van der Waals surface area contributed by atoms with E-state index in [0.717, 1.165) is 24.9 Å². The maximum atomic E-state index is 6.69. The van der Waals surface area contributed by atoms with E-state index in [1.54, 1.807) is 0 Å². The molecule has 0 unspecified atom stereocenters. The molecule has 1 aliphatic heterocycles. The highest BCUT2D eigenvalue weighted by molar-refractivity contribution is 7.94. The highest BCUT2D eigenvalue weighted by Gasteiger charge is 2.25. The summed E-state index contributed by atoms with van der Waals surface area (Å²) in [6.45, 7) is 0. The molecule has 2 rings (SSSR count). The maximum absolute atomic E-state index is 6.69. The van der Waals surface area contributed by atoms with Crippen molar-refractivity contribution in [1.29, 1.82) is 1.43 Å². The molecule has 15 heavy (non-hydrogen) atoms. The second-order valence-electron chi connectivity index (χ2n) is 3.44. The molecule has 3 nitrogen and oxygen atoms in total. The van der Waals surface area contributed by atoms with Gasteiger partial charge in [0.1, 0.15) is 6.10 Å². The first-order valence-corrected chi connectivity index (χ1v) is 5.70. The second-order valence-corrected chi connectivity index (χ2v) is 4.12. The van der Waals surface area contributed by atoms with Crippen LogP contribution in [0.4, 0.5) is 0 Å². The highest BCUT2D eigenvalue weighted by Crippen LogP contribution is 2.23. The lowest BCUT2D eigenvalue weighted by atomic mass is 10.1. The topological polar surface area (TPSA) is 41.8 Å². The summed E-state index contributed by atoms with van der Waals surface area (Å²) in [5, 5.41) is -0.110. The van der Waals surface area contributed by atoms with E-state index in [4.69, 9.17) is 6.17 Å². The normalized spacial score (nSPS) is 24.9. The molecule has 0 spiro atoms. The lowest BCUT2D eigenvalue weighted by molar-refractivity contribution is 0.212. The fourth-order valence-electron chi connectivity index (χ4n) is 1.59. The maximum Gasteiger partial charge on any atom is 0.229 e. The SMILES string of the molecule is [3H]OS[C@@H]1N=CO[C@H]1CCc1ccccc1. The van der Waals surface area contributed by atoms with Gasteiger partial charge in [-0.15, -0.1) is 0 Å². The largest absolute Gasteiger partial charge is 0.477 e. The second kappa shape index (κ2) is 5.19. The van der Waals surface area contributed by atoms with E-state index < -0.39 is 0 Å². The molecule has 0 saturated carbocycles. The minimum absolute atomic E-state index is 0.00977. The molecule has 1 N–H and O–H groups in total. The molecule has 1 heterocycles.